The second kappa shape index (κ2) is 12.9. The minimum atomic E-state index is -4.11. The molecule has 3 aromatic rings. The predicted octanol–water partition coefficient (Wildman–Crippen LogP) is 0.169. The molecule has 1 aromatic carbocycles. The summed E-state index contributed by atoms with van der Waals surface area (Å²) in [6.07, 6.45) is 3.38. The van der Waals surface area contributed by atoms with Gasteiger partial charge in [0.1, 0.15) is 6.54 Å². The molecule has 0 spiro atoms. The molecule has 236 valence electrons. The maximum absolute atomic E-state index is 13.8. The lowest BCUT2D eigenvalue weighted by atomic mass is 10.1. The van der Waals surface area contributed by atoms with Crippen molar-refractivity contribution >= 4 is 55.9 Å². The van der Waals surface area contributed by atoms with E-state index >= 15 is 0 Å². The number of thiazole rings is 1. The molecule has 0 aliphatic carbocycles. The van der Waals surface area contributed by atoms with Crippen molar-refractivity contribution in [1.29, 1.82) is 0 Å². The number of hydrogen-bond donors (Lipinski definition) is 3. The van der Waals surface area contributed by atoms with Gasteiger partial charge in [-0.2, -0.15) is 12.7 Å². The van der Waals surface area contributed by atoms with Gasteiger partial charge in [0, 0.05) is 79.2 Å². The van der Waals surface area contributed by atoms with Crippen molar-refractivity contribution in [1.82, 2.24) is 28.4 Å². The zero-order chi connectivity index (χ0) is 31.6. The Hall–Kier alpha value is -4.06. The third-order valence-corrected chi connectivity index (χ3v) is 10.4. The van der Waals surface area contributed by atoms with Gasteiger partial charge >= 0.3 is 16.2 Å². The zero-order valence-corrected chi connectivity index (χ0v) is 25.9. The number of hydrogen-bond acceptors (Lipinski definition) is 11. The number of nitrogens with one attached hydrogen (secondary N) is 1. The quantitative estimate of drug-likeness (QED) is 0.0949. The van der Waals surface area contributed by atoms with Gasteiger partial charge in [-0.05, 0) is 20.0 Å². The number of piperazine rings is 1. The van der Waals surface area contributed by atoms with Crippen LogP contribution in [0.15, 0.2) is 35.7 Å². The van der Waals surface area contributed by atoms with Crippen molar-refractivity contribution in [2.75, 3.05) is 46.4 Å². The van der Waals surface area contributed by atoms with Crippen molar-refractivity contribution < 1.29 is 32.7 Å². The van der Waals surface area contributed by atoms with Gasteiger partial charge in [-0.25, -0.2) is 8.96 Å². The number of nitrogens with zero attached hydrogens (tertiary/aromatic N) is 6. The van der Waals surface area contributed by atoms with Crippen molar-refractivity contribution in [2.45, 2.75) is 32.4 Å². The average Bonchev–Trinajstić information content (AvgIpc) is 3.63. The first-order valence-corrected chi connectivity index (χ1v) is 16.2. The van der Waals surface area contributed by atoms with Gasteiger partial charge in [-0.1, -0.05) is 17.3 Å². The Kier molecular flexibility index (Phi) is 9.19. The number of carbonyl (C=O) groups excluding carboxylic acids is 3. The van der Waals surface area contributed by atoms with Crippen LogP contribution in [-0.2, 0) is 37.5 Å². The number of amides is 2. The molecule has 1 atom stereocenters. The van der Waals surface area contributed by atoms with E-state index in [2.05, 4.69) is 20.4 Å². The van der Waals surface area contributed by atoms with Crippen LogP contribution in [-0.4, -0.2) is 113 Å². The molecule has 15 nitrogen and oxygen atoms in total. The van der Waals surface area contributed by atoms with Crippen LogP contribution in [0, 0.1) is 0 Å². The van der Waals surface area contributed by atoms with E-state index in [-0.39, 0.29) is 50.9 Å². The summed E-state index contributed by atoms with van der Waals surface area (Å²) >= 11 is 1.32. The Balaban J connectivity index is 1.39. The number of likely N-dealkylation sites (N-methyl/N-ethyl adjacent to an activating group) is 1. The smallest absolute Gasteiger partial charge is 0.325 e. The number of carbonyl (C=O) groups is 3. The summed E-state index contributed by atoms with van der Waals surface area (Å²) in [5.74, 6) is -1.60. The van der Waals surface area contributed by atoms with Crippen molar-refractivity contribution in [3.8, 4) is 0 Å². The molecule has 2 amide bonds. The van der Waals surface area contributed by atoms with Crippen LogP contribution in [0.2, 0.25) is 0 Å². The van der Waals surface area contributed by atoms with Crippen LogP contribution in [0.4, 0.5) is 0 Å². The fourth-order valence-electron chi connectivity index (χ4n) is 5.28. The van der Waals surface area contributed by atoms with E-state index in [4.69, 9.17) is 15.7 Å². The maximum Gasteiger partial charge on any atom is 0.325 e. The van der Waals surface area contributed by atoms with Crippen LogP contribution in [0.1, 0.15) is 39.3 Å². The van der Waals surface area contributed by atoms with E-state index in [1.165, 1.54) is 32.9 Å². The van der Waals surface area contributed by atoms with Gasteiger partial charge in [-0.15, -0.1) is 11.3 Å². The molecule has 2 aliphatic heterocycles. The summed E-state index contributed by atoms with van der Waals surface area (Å²) in [4.78, 5) is 47.7. The Labute approximate surface area is 258 Å². The van der Waals surface area contributed by atoms with Crippen molar-refractivity contribution in [2.24, 2.45) is 10.9 Å². The van der Waals surface area contributed by atoms with Gasteiger partial charge in [-0.3, -0.25) is 14.4 Å². The first-order valence-electron chi connectivity index (χ1n) is 14.0. The van der Waals surface area contributed by atoms with E-state index in [9.17, 15) is 22.8 Å². The lowest BCUT2D eigenvalue weighted by Crippen LogP contribution is -2.58. The summed E-state index contributed by atoms with van der Waals surface area (Å²) in [6, 6.07) is 4.05. The SMILES string of the molecule is CCOC(=O)CNC(=O)CC1CN(S(=O)(=O)n2cc3ccc(C(N)=NO)cc3c2)CCN1C(=O)c1nc2c(s1)CN(C)CC2. The molecule has 1 saturated heterocycles. The third kappa shape index (κ3) is 6.54. The monoisotopic (exact) mass is 646 g/mol. The molecule has 4 N–H and O–H groups in total. The lowest BCUT2D eigenvalue weighted by Gasteiger charge is -2.40. The van der Waals surface area contributed by atoms with Crippen LogP contribution in [0.5, 0.6) is 0 Å². The van der Waals surface area contributed by atoms with Crippen molar-refractivity contribution in [3.05, 3.63) is 51.7 Å². The van der Waals surface area contributed by atoms with E-state index < -0.39 is 28.1 Å². The van der Waals surface area contributed by atoms with Gasteiger partial charge in [0.15, 0.2) is 10.8 Å². The fourth-order valence-corrected chi connectivity index (χ4v) is 7.86. The number of esters is 1. The Morgan fingerprint density at radius 2 is 1.98 bits per heavy atom. The molecule has 5 rings (SSSR count). The lowest BCUT2D eigenvalue weighted by molar-refractivity contribution is -0.143. The number of fused-ring (bicyclic) bond motifs is 2. The third-order valence-electron chi connectivity index (χ3n) is 7.58. The number of aromatic nitrogens is 2. The second-order valence-electron chi connectivity index (χ2n) is 10.6. The molecule has 4 heterocycles. The highest BCUT2D eigenvalue weighted by Gasteiger charge is 2.39. The minimum absolute atomic E-state index is 0.00720. The van der Waals surface area contributed by atoms with Gasteiger partial charge in [0.25, 0.3) is 5.91 Å². The first-order chi connectivity index (χ1) is 21.0. The fraction of sp³-hybridized carbons (Fsp3) is 0.444. The standard InChI is InChI=1S/C27H34N8O7S2/c1-3-42-24(37)12-29-23(36)11-20-15-33(8-9-35(20)27(38)26-30-21-6-7-32(2)16-22(21)43-26)44(40,41)34-13-18-5-4-17(25(28)31-39)10-19(18)14-34/h4-5,10,13-14,20,39H,3,6-9,11-12,15-16H2,1-2H3,(H2,28,31)(H,29,36). The molecular weight excluding hydrogens is 612 g/mol. The van der Waals surface area contributed by atoms with Crippen LogP contribution >= 0.6 is 11.3 Å². The largest absolute Gasteiger partial charge is 0.465 e. The number of rotatable bonds is 9. The Morgan fingerprint density at radius 1 is 1.20 bits per heavy atom. The summed E-state index contributed by atoms with van der Waals surface area (Å²) in [5, 5.41) is 16.0. The van der Waals surface area contributed by atoms with Gasteiger partial charge in [0.2, 0.25) is 5.91 Å². The Morgan fingerprint density at radius 3 is 2.73 bits per heavy atom. The highest BCUT2D eigenvalue weighted by Crippen LogP contribution is 2.28. The highest BCUT2D eigenvalue weighted by atomic mass is 32.2. The molecule has 2 aliphatic rings. The molecule has 1 fully saturated rings. The average molecular weight is 647 g/mol. The number of ether oxygens (including phenoxy) is 1. The zero-order valence-electron chi connectivity index (χ0n) is 24.3. The van der Waals surface area contributed by atoms with E-state index in [0.29, 0.717) is 27.9 Å². The number of amidine groups is 1. The normalized spacial score (nSPS) is 18.3. The van der Waals surface area contributed by atoms with Gasteiger partial charge < -0.3 is 30.8 Å². The van der Waals surface area contributed by atoms with E-state index in [1.54, 1.807) is 25.1 Å². The van der Waals surface area contributed by atoms with Crippen LogP contribution in [0.3, 0.4) is 0 Å². The molecule has 0 saturated carbocycles. The molecule has 0 bridgehead atoms. The second-order valence-corrected chi connectivity index (χ2v) is 13.5. The predicted molar refractivity (Wildman–Crippen MR) is 162 cm³/mol. The molecule has 0 radical (unpaired) electrons. The molecule has 1 unspecified atom stereocenters. The van der Waals surface area contributed by atoms with Crippen molar-refractivity contribution in [3.63, 3.8) is 0 Å². The van der Waals surface area contributed by atoms with Gasteiger partial charge in [0.05, 0.1) is 18.3 Å². The summed E-state index contributed by atoms with van der Waals surface area (Å²) in [7, 11) is -2.11. The molecule has 2 aromatic heterocycles. The summed E-state index contributed by atoms with van der Waals surface area (Å²) in [5.41, 5.74) is 7.00. The van der Waals surface area contributed by atoms with E-state index in [1.807, 2.05) is 7.05 Å². The topological polar surface area (TPSA) is 193 Å². The summed E-state index contributed by atoms with van der Waals surface area (Å²) < 4.78 is 34.7. The maximum atomic E-state index is 13.8. The number of nitrogens with two attached hydrogens (primary N) is 1. The number of benzene rings is 1. The van der Waals surface area contributed by atoms with Crippen LogP contribution < -0.4 is 11.1 Å². The molecule has 17 heteroatoms. The van der Waals surface area contributed by atoms with Crippen LogP contribution in [0.25, 0.3) is 10.8 Å². The molecular formula is C27H34N8O7S2. The van der Waals surface area contributed by atoms with E-state index in [0.717, 1.165) is 27.5 Å². The highest BCUT2D eigenvalue weighted by molar-refractivity contribution is 7.87. The minimum Gasteiger partial charge on any atom is -0.465 e. The number of oxime groups is 1. The Bertz CT molecular complexity index is 1720. The first kappa shape index (κ1) is 31.4. The molecule has 44 heavy (non-hydrogen) atoms. The summed E-state index contributed by atoms with van der Waals surface area (Å²) in [6.45, 7) is 2.88.